The van der Waals surface area contributed by atoms with Gasteiger partial charge in [-0.25, -0.2) is 0 Å². The Bertz CT molecular complexity index is 875. The molecule has 0 saturated heterocycles. The van der Waals surface area contributed by atoms with E-state index in [1.165, 1.54) is 0 Å². The van der Waals surface area contributed by atoms with Crippen molar-refractivity contribution < 1.29 is 9.21 Å². The first-order valence-corrected chi connectivity index (χ1v) is 8.86. The summed E-state index contributed by atoms with van der Waals surface area (Å²) in [6.07, 6.45) is 2.00. The molecule has 2 aromatic carbocycles. The maximum atomic E-state index is 12.3. The van der Waals surface area contributed by atoms with Gasteiger partial charge in [-0.1, -0.05) is 11.2 Å². The first-order chi connectivity index (χ1) is 12.1. The Labute approximate surface area is 150 Å². The van der Waals surface area contributed by atoms with E-state index in [-0.39, 0.29) is 11.9 Å². The lowest BCUT2D eigenvalue weighted by atomic mass is 10.2. The van der Waals surface area contributed by atoms with Crippen LogP contribution in [0.15, 0.2) is 57.8 Å². The number of nitrogens with zero attached hydrogens (tertiary/aromatic N) is 3. The number of carbonyl (C=O) groups is 1. The number of anilines is 2. The molecule has 0 aliphatic carbocycles. The van der Waals surface area contributed by atoms with Crippen LogP contribution in [-0.2, 0) is 0 Å². The van der Waals surface area contributed by atoms with Crippen molar-refractivity contribution in [2.45, 2.75) is 4.90 Å². The fraction of sp³-hybridized carbons (Fsp3) is 0.167. The van der Waals surface area contributed by atoms with Gasteiger partial charge in [0.2, 0.25) is 5.89 Å². The lowest BCUT2D eigenvalue weighted by Gasteiger charge is -2.12. The van der Waals surface area contributed by atoms with Crippen LogP contribution in [0.25, 0.3) is 11.5 Å². The molecular formula is C18H18N4O2S. The van der Waals surface area contributed by atoms with Gasteiger partial charge < -0.3 is 9.32 Å². The van der Waals surface area contributed by atoms with Gasteiger partial charge in [-0.15, -0.1) is 16.9 Å². The molecule has 6 nitrogen and oxygen atoms in total. The fourth-order valence-electron chi connectivity index (χ4n) is 2.23. The molecule has 0 atom stereocenters. The zero-order valence-electron chi connectivity index (χ0n) is 14.2. The predicted molar refractivity (Wildman–Crippen MR) is 100 cm³/mol. The number of aromatic nitrogens is 2. The fourth-order valence-corrected chi connectivity index (χ4v) is 2.69. The van der Waals surface area contributed by atoms with Crippen LogP contribution in [0.4, 0.5) is 11.7 Å². The Balaban J connectivity index is 1.73. The van der Waals surface area contributed by atoms with Gasteiger partial charge >= 0.3 is 6.01 Å². The average Bonchev–Trinajstić information content (AvgIpc) is 3.10. The molecule has 1 amide bonds. The summed E-state index contributed by atoms with van der Waals surface area (Å²) in [5.74, 6) is 0.0764. The number of thioether (sulfide) groups is 1. The summed E-state index contributed by atoms with van der Waals surface area (Å²) < 4.78 is 5.55. The highest BCUT2D eigenvalue weighted by Gasteiger charge is 2.13. The largest absolute Gasteiger partial charge is 0.403 e. The monoisotopic (exact) mass is 354 g/mol. The number of benzene rings is 2. The van der Waals surface area contributed by atoms with Crippen LogP contribution in [0.5, 0.6) is 0 Å². The van der Waals surface area contributed by atoms with Crippen LogP contribution in [0.1, 0.15) is 10.4 Å². The minimum Gasteiger partial charge on any atom is -0.403 e. The number of rotatable bonds is 5. The Kier molecular flexibility index (Phi) is 5.04. The molecule has 25 heavy (non-hydrogen) atoms. The second-order valence-corrected chi connectivity index (χ2v) is 6.42. The molecule has 3 rings (SSSR count). The molecule has 0 spiro atoms. The summed E-state index contributed by atoms with van der Waals surface area (Å²) in [7, 11) is 3.89. The quantitative estimate of drug-likeness (QED) is 0.703. The van der Waals surface area contributed by atoms with E-state index in [4.69, 9.17) is 4.42 Å². The maximum Gasteiger partial charge on any atom is 0.322 e. The molecule has 1 heterocycles. The van der Waals surface area contributed by atoms with Crippen molar-refractivity contribution in [1.29, 1.82) is 0 Å². The maximum absolute atomic E-state index is 12.3. The lowest BCUT2D eigenvalue weighted by molar-refractivity contribution is 0.102. The number of nitrogens with one attached hydrogen (secondary N) is 1. The number of amides is 1. The minimum absolute atomic E-state index is 0.0752. The van der Waals surface area contributed by atoms with E-state index in [1.807, 2.05) is 61.6 Å². The van der Waals surface area contributed by atoms with E-state index in [1.54, 1.807) is 23.9 Å². The van der Waals surface area contributed by atoms with Crippen molar-refractivity contribution in [3.05, 3.63) is 54.1 Å². The zero-order valence-corrected chi connectivity index (χ0v) is 15.0. The standard InChI is InChI=1S/C18H18N4O2S/c1-22(2)14-9-7-12(8-10-14)16(23)19-18-21-20-17(24-18)13-5-4-6-15(11-13)25-3/h4-11H,1-3H3,(H,19,21,23). The second kappa shape index (κ2) is 7.40. The van der Waals surface area contributed by atoms with E-state index < -0.39 is 0 Å². The topological polar surface area (TPSA) is 71.3 Å². The minimum atomic E-state index is -0.293. The van der Waals surface area contributed by atoms with Crippen molar-refractivity contribution >= 4 is 29.4 Å². The van der Waals surface area contributed by atoms with Gasteiger partial charge in [-0.3, -0.25) is 10.1 Å². The summed E-state index contributed by atoms with van der Waals surface area (Å²) >= 11 is 1.63. The van der Waals surface area contributed by atoms with E-state index in [0.717, 1.165) is 16.1 Å². The molecule has 0 aliphatic rings. The van der Waals surface area contributed by atoms with E-state index in [0.29, 0.717) is 11.5 Å². The molecule has 0 unspecified atom stereocenters. The Morgan fingerprint density at radius 3 is 2.56 bits per heavy atom. The normalized spacial score (nSPS) is 10.5. The van der Waals surface area contributed by atoms with Crippen molar-refractivity contribution in [2.75, 3.05) is 30.6 Å². The van der Waals surface area contributed by atoms with Gasteiger partial charge in [0.1, 0.15) is 0 Å². The lowest BCUT2D eigenvalue weighted by Crippen LogP contribution is -2.13. The number of carbonyl (C=O) groups excluding carboxylic acids is 1. The van der Waals surface area contributed by atoms with Gasteiger partial charge in [-0.05, 0) is 48.7 Å². The van der Waals surface area contributed by atoms with Gasteiger partial charge in [-0.2, -0.15) is 0 Å². The van der Waals surface area contributed by atoms with Gasteiger partial charge in [0.05, 0.1) is 0 Å². The molecule has 0 radical (unpaired) electrons. The molecule has 0 aliphatic heterocycles. The highest BCUT2D eigenvalue weighted by atomic mass is 32.2. The average molecular weight is 354 g/mol. The number of hydrogen-bond donors (Lipinski definition) is 1. The molecule has 3 aromatic rings. The smallest absolute Gasteiger partial charge is 0.322 e. The summed E-state index contributed by atoms with van der Waals surface area (Å²) in [6, 6.07) is 15.1. The van der Waals surface area contributed by atoms with Crippen LogP contribution in [0.2, 0.25) is 0 Å². The van der Waals surface area contributed by atoms with Gasteiger partial charge in [0, 0.05) is 35.8 Å². The molecule has 0 fully saturated rings. The van der Waals surface area contributed by atoms with Crippen molar-refractivity contribution in [3.63, 3.8) is 0 Å². The van der Waals surface area contributed by atoms with Crippen LogP contribution in [0.3, 0.4) is 0 Å². The Morgan fingerprint density at radius 1 is 1.12 bits per heavy atom. The first kappa shape index (κ1) is 17.0. The summed E-state index contributed by atoms with van der Waals surface area (Å²) in [4.78, 5) is 15.4. The van der Waals surface area contributed by atoms with Crippen LogP contribution in [0, 0.1) is 0 Å². The summed E-state index contributed by atoms with van der Waals surface area (Å²) in [6.45, 7) is 0. The zero-order chi connectivity index (χ0) is 17.8. The molecular weight excluding hydrogens is 336 g/mol. The molecule has 1 aromatic heterocycles. The molecule has 0 saturated carbocycles. The van der Waals surface area contributed by atoms with Crippen molar-refractivity contribution in [2.24, 2.45) is 0 Å². The van der Waals surface area contributed by atoms with Crippen molar-refractivity contribution in [3.8, 4) is 11.5 Å². The van der Waals surface area contributed by atoms with E-state index in [2.05, 4.69) is 15.5 Å². The summed E-state index contributed by atoms with van der Waals surface area (Å²) in [5.41, 5.74) is 2.36. The van der Waals surface area contributed by atoms with Crippen LogP contribution >= 0.6 is 11.8 Å². The highest BCUT2D eigenvalue weighted by molar-refractivity contribution is 7.98. The van der Waals surface area contributed by atoms with E-state index >= 15 is 0 Å². The van der Waals surface area contributed by atoms with Crippen LogP contribution < -0.4 is 10.2 Å². The Morgan fingerprint density at radius 2 is 1.88 bits per heavy atom. The third-order valence-electron chi connectivity index (χ3n) is 3.61. The van der Waals surface area contributed by atoms with E-state index in [9.17, 15) is 4.79 Å². The third kappa shape index (κ3) is 4.00. The van der Waals surface area contributed by atoms with Gasteiger partial charge in [0.15, 0.2) is 0 Å². The van der Waals surface area contributed by atoms with Crippen molar-refractivity contribution in [1.82, 2.24) is 10.2 Å². The predicted octanol–water partition coefficient (Wildman–Crippen LogP) is 3.78. The third-order valence-corrected chi connectivity index (χ3v) is 4.33. The second-order valence-electron chi connectivity index (χ2n) is 5.54. The molecule has 0 bridgehead atoms. The van der Waals surface area contributed by atoms with Crippen LogP contribution in [-0.4, -0.2) is 36.5 Å². The Hall–Kier alpha value is -2.80. The highest BCUT2D eigenvalue weighted by Crippen LogP contribution is 2.24. The molecule has 7 heteroatoms. The molecule has 128 valence electrons. The summed E-state index contributed by atoms with van der Waals surface area (Å²) in [5, 5.41) is 10.5. The van der Waals surface area contributed by atoms with Gasteiger partial charge in [0.25, 0.3) is 5.91 Å². The molecule has 1 N–H and O–H groups in total. The SMILES string of the molecule is CSc1cccc(-c2nnc(NC(=O)c3ccc(N(C)C)cc3)o2)c1. The first-order valence-electron chi connectivity index (χ1n) is 7.63. The number of hydrogen-bond acceptors (Lipinski definition) is 6.